The third-order valence-corrected chi connectivity index (χ3v) is 5.93. The second-order valence-electron chi connectivity index (χ2n) is 7.54. The maximum Gasteiger partial charge on any atom is 0.0721 e. The molecule has 0 bridgehead atoms. The normalized spacial score (nSPS) is 26.4. The standard InChI is InChI=1S/C30H36/c1-9-15-19-26-22(7)24(13-5)28(18-12-4)30(26)27(20-16-10-2)23(8)25(14-6)29(30)21-17-11-3/h10,12-21H,4,6,8-9,11H2,1-3,5,7H3/b16-10-,19-15-,21-17-,24-13-,27-20+,28-18+. The first-order chi connectivity index (χ1) is 14.5. The zero-order valence-corrected chi connectivity index (χ0v) is 19.4. The van der Waals surface area contributed by atoms with Gasteiger partial charge in [-0.05, 0) is 78.2 Å². The van der Waals surface area contributed by atoms with Gasteiger partial charge in [0.1, 0.15) is 0 Å². The molecule has 0 aromatic heterocycles. The van der Waals surface area contributed by atoms with Crippen molar-refractivity contribution in [2.45, 2.75) is 47.5 Å². The van der Waals surface area contributed by atoms with E-state index in [-0.39, 0.29) is 0 Å². The number of hydrogen-bond donors (Lipinski definition) is 0. The predicted octanol–water partition coefficient (Wildman–Crippen LogP) is 8.85. The fraction of sp³-hybridized carbons (Fsp3) is 0.267. The minimum atomic E-state index is -0.405. The molecule has 0 aromatic rings. The molecular weight excluding hydrogens is 360 g/mol. The summed E-state index contributed by atoms with van der Waals surface area (Å²) in [6.45, 7) is 23.5. The van der Waals surface area contributed by atoms with Crippen molar-refractivity contribution in [3.05, 3.63) is 131 Å². The molecule has 1 unspecified atom stereocenters. The quantitative estimate of drug-likeness (QED) is 0.403. The topological polar surface area (TPSA) is 0 Å². The van der Waals surface area contributed by atoms with Crippen LogP contribution in [0.4, 0.5) is 0 Å². The number of rotatable bonds is 7. The molecule has 0 saturated heterocycles. The van der Waals surface area contributed by atoms with Crippen LogP contribution < -0.4 is 0 Å². The third kappa shape index (κ3) is 3.56. The van der Waals surface area contributed by atoms with E-state index >= 15 is 0 Å². The van der Waals surface area contributed by atoms with E-state index in [0.717, 1.165) is 24.0 Å². The van der Waals surface area contributed by atoms with Crippen molar-refractivity contribution in [2.75, 3.05) is 0 Å². The van der Waals surface area contributed by atoms with Crippen molar-refractivity contribution in [3.8, 4) is 0 Å². The van der Waals surface area contributed by atoms with E-state index in [1.165, 1.54) is 33.4 Å². The smallest absolute Gasteiger partial charge is 0.0721 e. The first kappa shape index (κ1) is 23.4. The molecular formula is C30H36. The maximum atomic E-state index is 4.52. The van der Waals surface area contributed by atoms with Gasteiger partial charge >= 0.3 is 0 Å². The molecule has 30 heavy (non-hydrogen) atoms. The minimum Gasteiger partial charge on any atom is -0.0991 e. The summed E-state index contributed by atoms with van der Waals surface area (Å²) in [4.78, 5) is 0. The lowest BCUT2D eigenvalue weighted by Crippen LogP contribution is -2.24. The minimum absolute atomic E-state index is 0.405. The second kappa shape index (κ2) is 10.3. The van der Waals surface area contributed by atoms with Crippen LogP contribution in [-0.2, 0) is 0 Å². The lowest BCUT2D eigenvalue weighted by Gasteiger charge is -2.33. The molecule has 156 valence electrons. The largest absolute Gasteiger partial charge is 0.0991 e. The Hall–Kier alpha value is -2.86. The molecule has 0 radical (unpaired) electrons. The summed E-state index contributed by atoms with van der Waals surface area (Å²) >= 11 is 0. The van der Waals surface area contributed by atoms with Crippen LogP contribution >= 0.6 is 0 Å². The van der Waals surface area contributed by atoms with Crippen LogP contribution in [0.3, 0.4) is 0 Å². The molecule has 1 spiro atoms. The van der Waals surface area contributed by atoms with Crippen molar-refractivity contribution in [3.63, 3.8) is 0 Å². The van der Waals surface area contributed by atoms with Gasteiger partial charge in [0.25, 0.3) is 0 Å². The first-order valence-electron chi connectivity index (χ1n) is 11.0. The summed E-state index contributed by atoms with van der Waals surface area (Å²) in [6.07, 6.45) is 25.7. The van der Waals surface area contributed by atoms with E-state index in [9.17, 15) is 0 Å². The van der Waals surface area contributed by atoms with E-state index < -0.39 is 5.41 Å². The summed E-state index contributed by atoms with van der Waals surface area (Å²) in [7, 11) is 0. The zero-order chi connectivity index (χ0) is 22.3. The van der Waals surface area contributed by atoms with Crippen LogP contribution in [0.25, 0.3) is 0 Å². The molecule has 2 aliphatic rings. The van der Waals surface area contributed by atoms with Crippen LogP contribution in [0, 0.1) is 5.41 Å². The molecule has 0 heteroatoms. The Balaban J connectivity index is 3.15. The lowest BCUT2D eigenvalue weighted by molar-refractivity contribution is 0.697. The van der Waals surface area contributed by atoms with Gasteiger partial charge in [0.15, 0.2) is 0 Å². The van der Waals surface area contributed by atoms with Gasteiger partial charge in [-0.1, -0.05) is 100 Å². The summed E-state index contributed by atoms with van der Waals surface area (Å²) in [5.41, 5.74) is 9.38. The van der Waals surface area contributed by atoms with Gasteiger partial charge in [0.2, 0.25) is 0 Å². The van der Waals surface area contributed by atoms with Crippen molar-refractivity contribution < 1.29 is 0 Å². The van der Waals surface area contributed by atoms with Gasteiger partial charge in [-0.3, -0.25) is 0 Å². The van der Waals surface area contributed by atoms with E-state index in [4.69, 9.17) is 0 Å². The highest BCUT2D eigenvalue weighted by molar-refractivity contribution is 5.83. The molecule has 0 fully saturated rings. The molecule has 0 nitrogen and oxygen atoms in total. The monoisotopic (exact) mass is 396 g/mol. The first-order valence-corrected chi connectivity index (χ1v) is 11.0. The average Bonchev–Trinajstić information content (AvgIpc) is 3.11. The maximum absolute atomic E-state index is 4.52. The highest BCUT2D eigenvalue weighted by Gasteiger charge is 2.54. The molecule has 0 saturated carbocycles. The Morgan fingerprint density at radius 1 is 0.900 bits per heavy atom. The van der Waals surface area contributed by atoms with Crippen LogP contribution in [0.5, 0.6) is 0 Å². The van der Waals surface area contributed by atoms with Gasteiger partial charge < -0.3 is 0 Å². The highest BCUT2D eigenvalue weighted by atomic mass is 14.5. The summed E-state index contributed by atoms with van der Waals surface area (Å²) in [5.74, 6) is 0. The van der Waals surface area contributed by atoms with E-state index in [1.54, 1.807) is 0 Å². The summed E-state index contributed by atoms with van der Waals surface area (Å²) < 4.78 is 0. The van der Waals surface area contributed by atoms with Gasteiger partial charge in [-0.25, -0.2) is 0 Å². The van der Waals surface area contributed by atoms with Crippen molar-refractivity contribution in [2.24, 2.45) is 5.41 Å². The fourth-order valence-electron chi connectivity index (χ4n) is 4.73. The van der Waals surface area contributed by atoms with Gasteiger partial charge in [-0.15, -0.1) is 0 Å². The molecule has 0 heterocycles. The molecule has 0 N–H and O–H groups in total. The van der Waals surface area contributed by atoms with Crippen molar-refractivity contribution >= 4 is 0 Å². The molecule has 2 rings (SSSR count). The van der Waals surface area contributed by atoms with Crippen LogP contribution in [-0.4, -0.2) is 0 Å². The number of hydrogen-bond acceptors (Lipinski definition) is 0. The summed E-state index contributed by atoms with van der Waals surface area (Å²) in [6, 6.07) is 0. The van der Waals surface area contributed by atoms with Crippen LogP contribution in [0.2, 0.25) is 0 Å². The van der Waals surface area contributed by atoms with Crippen molar-refractivity contribution in [1.82, 2.24) is 0 Å². The lowest BCUT2D eigenvalue weighted by atomic mass is 9.67. The summed E-state index contributed by atoms with van der Waals surface area (Å²) in [5, 5.41) is 0. The van der Waals surface area contributed by atoms with E-state index in [2.05, 4.69) is 102 Å². The van der Waals surface area contributed by atoms with E-state index in [1.807, 2.05) is 19.1 Å². The Bertz CT molecular complexity index is 973. The molecule has 0 amide bonds. The van der Waals surface area contributed by atoms with Crippen LogP contribution in [0.1, 0.15) is 47.5 Å². The third-order valence-electron chi connectivity index (χ3n) is 5.93. The molecule has 0 aliphatic heterocycles. The number of allylic oxidation sites excluding steroid dienone is 19. The molecule has 1 atom stereocenters. The van der Waals surface area contributed by atoms with Gasteiger partial charge in [0, 0.05) is 0 Å². The SMILES string of the molecule is C=C/C=C1\C(=C/C)C(C)=C(/C=C\CC)C12C(/C=C\CC)=C(C=C)C(=C)/C2=C\C=C/C. The zero-order valence-electron chi connectivity index (χ0n) is 19.4. The fourth-order valence-corrected chi connectivity index (χ4v) is 4.73. The van der Waals surface area contributed by atoms with Crippen molar-refractivity contribution in [1.29, 1.82) is 0 Å². The Morgan fingerprint density at radius 2 is 1.53 bits per heavy atom. The molecule has 2 aliphatic carbocycles. The van der Waals surface area contributed by atoms with E-state index in [0.29, 0.717) is 0 Å². The predicted molar refractivity (Wildman–Crippen MR) is 135 cm³/mol. The Morgan fingerprint density at radius 3 is 2.03 bits per heavy atom. The molecule has 0 aromatic carbocycles. The second-order valence-corrected chi connectivity index (χ2v) is 7.54. The Kier molecular flexibility index (Phi) is 8.00. The van der Waals surface area contributed by atoms with Gasteiger partial charge in [0.05, 0.1) is 5.41 Å². The van der Waals surface area contributed by atoms with Gasteiger partial charge in [-0.2, -0.15) is 0 Å². The van der Waals surface area contributed by atoms with Crippen LogP contribution in [0.15, 0.2) is 131 Å². The average molecular weight is 397 g/mol. The Labute approximate surface area is 184 Å². The highest BCUT2D eigenvalue weighted by Crippen LogP contribution is 2.65.